The lowest BCUT2D eigenvalue weighted by molar-refractivity contribution is 0.0504. The number of carbonyl (C=O) groups is 1. The van der Waals surface area contributed by atoms with Crippen LogP contribution in [0.25, 0.3) is 16.6 Å². The average molecular weight is 348 g/mol. The fraction of sp³-hybridized carbons (Fsp3) is 0.105. The monoisotopic (exact) mass is 348 g/mol. The van der Waals surface area contributed by atoms with Crippen LogP contribution in [-0.4, -0.2) is 34.7 Å². The van der Waals surface area contributed by atoms with Gasteiger partial charge in [0.2, 0.25) is 0 Å². The zero-order chi connectivity index (χ0) is 18.5. The number of rotatable bonds is 5. The largest absolute Gasteiger partial charge is 0.507 e. The number of imidazole rings is 1. The molecule has 1 heterocycles. The van der Waals surface area contributed by atoms with Crippen LogP contribution in [-0.2, 0) is 4.74 Å². The summed E-state index contributed by atoms with van der Waals surface area (Å²) in [5.74, 6) is -0.761. The van der Waals surface area contributed by atoms with E-state index in [2.05, 4.69) is 15.3 Å². The molecule has 3 rings (SSSR count). The van der Waals surface area contributed by atoms with E-state index in [1.54, 1.807) is 37.4 Å². The van der Waals surface area contributed by atoms with Gasteiger partial charge in [0.1, 0.15) is 18.2 Å². The number of nitrogens with one attached hydrogen (secondary N) is 2. The van der Waals surface area contributed by atoms with Crippen molar-refractivity contribution in [1.29, 1.82) is 5.26 Å². The van der Waals surface area contributed by atoms with Gasteiger partial charge in [-0.3, -0.25) is 0 Å². The van der Waals surface area contributed by atoms with E-state index in [1.807, 2.05) is 24.3 Å². The first-order valence-corrected chi connectivity index (χ1v) is 7.85. The van der Waals surface area contributed by atoms with Crippen LogP contribution >= 0.6 is 0 Å². The molecule has 0 atom stereocenters. The fourth-order valence-electron chi connectivity index (χ4n) is 2.49. The number of benzene rings is 2. The second kappa shape index (κ2) is 7.40. The van der Waals surface area contributed by atoms with Crippen molar-refractivity contribution < 1.29 is 14.6 Å². The molecule has 130 valence electrons. The maximum absolute atomic E-state index is 12.2. The molecule has 0 aliphatic rings. The first kappa shape index (κ1) is 17.0. The summed E-state index contributed by atoms with van der Waals surface area (Å²) in [5.41, 5.74) is 2.28. The molecule has 26 heavy (non-hydrogen) atoms. The number of fused-ring (bicyclic) bond motifs is 1. The van der Waals surface area contributed by atoms with Gasteiger partial charge in [-0.15, -0.1) is 0 Å². The second-order valence-corrected chi connectivity index (χ2v) is 5.41. The normalized spacial score (nSPS) is 11.5. The molecule has 1 aromatic heterocycles. The third-order valence-corrected chi connectivity index (χ3v) is 3.78. The molecule has 0 spiro atoms. The number of hydrogen-bond donors (Lipinski definition) is 3. The number of aromatic nitrogens is 2. The van der Waals surface area contributed by atoms with E-state index in [9.17, 15) is 15.2 Å². The molecule has 0 bridgehead atoms. The van der Waals surface area contributed by atoms with Gasteiger partial charge < -0.3 is 20.1 Å². The summed E-state index contributed by atoms with van der Waals surface area (Å²) in [6.07, 6.45) is 0. The van der Waals surface area contributed by atoms with Gasteiger partial charge in [0.15, 0.2) is 11.6 Å². The Morgan fingerprint density at radius 1 is 1.27 bits per heavy atom. The number of aliphatic hydroxyl groups is 1. The lowest BCUT2D eigenvalue weighted by Gasteiger charge is -2.09. The summed E-state index contributed by atoms with van der Waals surface area (Å²) in [6, 6.07) is 16.0. The molecule has 2 aromatic carbocycles. The maximum Gasteiger partial charge on any atom is 0.340 e. The summed E-state index contributed by atoms with van der Waals surface area (Å²) >= 11 is 0. The van der Waals surface area contributed by atoms with E-state index < -0.39 is 12.6 Å². The van der Waals surface area contributed by atoms with Crippen LogP contribution < -0.4 is 5.32 Å². The number of H-pyrrole nitrogens is 1. The number of carbonyl (C=O) groups excluding carboxylic acids is 1. The van der Waals surface area contributed by atoms with E-state index in [-0.39, 0.29) is 17.2 Å². The van der Waals surface area contributed by atoms with Gasteiger partial charge in [0.05, 0.1) is 16.6 Å². The Morgan fingerprint density at radius 3 is 2.73 bits per heavy atom. The van der Waals surface area contributed by atoms with Crippen molar-refractivity contribution in [3.8, 4) is 6.07 Å². The Balaban J connectivity index is 1.81. The van der Waals surface area contributed by atoms with Gasteiger partial charge in [-0.25, -0.2) is 9.78 Å². The second-order valence-electron chi connectivity index (χ2n) is 5.41. The van der Waals surface area contributed by atoms with Crippen molar-refractivity contribution in [2.75, 3.05) is 19.0 Å². The standard InChI is InChI=1S/C19H16N4O3/c1-21-14-7-3-2-6-12(14)19(25)26-11-17(24)13(10-20)18-22-15-8-4-5-9-16(15)23-18/h2-9,21,24H,11H2,1H3,(H,22,23)/b17-13-. The lowest BCUT2D eigenvalue weighted by Crippen LogP contribution is -2.11. The van der Waals surface area contributed by atoms with E-state index >= 15 is 0 Å². The van der Waals surface area contributed by atoms with Gasteiger partial charge in [-0.1, -0.05) is 24.3 Å². The van der Waals surface area contributed by atoms with Gasteiger partial charge in [0.25, 0.3) is 0 Å². The predicted octanol–water partition coefficient (Wildman–Crippen LogP) is 3.25. The number of nitrogens with zero attached hydrogens (tertiary/aromatic N) is 2. The number of esters is 1. The number of nitriles is 1. The van der Waals surface area contributed by atoms with E-state index in [4.69, 9.17) is 4.74 Å². The SMILES string of the molecule is CNc1ccccc1C(=O)OC/C(O)=C(\C#N)c1nc2ccccc2[nH]1. The fourth-order valence-corrected chi connectivity index (χ4v) is 2.49. The van der Waals surface area contributed by atoms with Crippen molar-refractivity contribution in [2.45, 2.75) is 0 Å². The summed E-state index contributed by atoms with van der Waals surface area (Å²) < 4.78 is 5.13. The van der Waals surface area contributed by atoms with Crippen LogP contribution in [0.5, 0.6) is 0 Å². The summed E-state index contributed by atoms with van der Waals surface area (Å²) in [5, 5.41) is 22.5. The maximum atomic E-state index is 12.2. The lowest BCUT2D eigenvalue weighted by atomic mass is 10.2. The molecule has 7 nitrogen and oxygen atoms in total. The minimum absolute atomic E-state index is 0.0732. The molecule has 0 fully saturated rings. The molecule has 0 amide bonds. The van der Waals surface area contributed by atoms with Crippen molar-refractivity contribution in [1.82, 2.24) is 9.97 Å². The summed E-state index contributed by atoms with van der Waals surface area (Å²) in [7, 11) is 1.69. The number of para-hydroxylation sites is 3. The van der Waals surface area contributed by atoms with Gasteiger partial charge in [-0.05, 0) is 24.3 Å². The Hall–Kier alpha value is -3.79. The number of aromatic amines is 1. The quantitative estimate of drug-likeness (QED) is 0.371. The molecular weight excluding hydrogens is 332 g/mol. The van der Waals surface area contributed by atoms with Gasteiger partial charge >= 0.3 is 5.97 Å². The summed E-state index contributed by atoms with van der Waals surface area (Å²) in [4.78, 5) is 19.4. The van der Waals surface area contributed by atoms with Crippen molar-refractivity contribution >= 4 is 28.3 Å². The van der Waals surface area contributed by atoms with Crippen LogP contribution in [0.3, 0.4) is 0 Å². The van der Waals surface area contributed by atoms with E-state index in [0.29, 0.717) is 16.8 Å². The van der Waals surface area contributed by atoms with Gasteiger partial charge in [0, 0.05) is 12.7 Å². The Bertz CT molecular complexity index is 997. The Labute approximate surface area is 149 Å². The highest BCUT2D eigenvalue weighted by atomic mass is 16.5. The number of ether oxygens (including phenoxy) is 1. The molecule has 7 heteroatoms. The predicted molar refractivity (Wildman–Crippen MR) is 97.5 cm³/mol. The zero-order valence-corrected chi connectivity index (χ0v) is 14.0. The minimum atomic E-state index is -0.608. The molecule has 0 radical (unpaired) electrons. The van der Waals surface area contributed by atoms with Gasteiger partial charge in [-0.2, -0.15) is 5.26 Å². The highest BCUT2D eigenvalue weighted by molar-refractivity contribution is 5.95. The van der Waals surface area contributed by atoms with Crippen LogP contribution in [0.2, 0.25) is 0 Å². The first-order valence-electron chi connectivity index (χ1n) is 7.85. The van der Waals surface area contributed by atoms with Crippen molar-refractivity contribution in [2.24, 2.45) is 0 Å². The third kappa shape index (κ3) is 3.35. The average Bonchev–Trinajstić information content (AvgIpc) is 3.10. The molecule has 0 aliphatic carbocycles. The van der Waals surface area contributed by atoms with Crippen molar-refractivity contribution in [3.05, 3.63) is 65.7 Å². The minimum Gasteiger partial charge on any atom is -0.507 e. The van der Waals surface area contributed by atoms with Crippen LogP contribution in [0, 0.1) is 11.3 Å². The highest BCUT2D eigenvalue weighted by Crippen LogP contribution is 2.20. The van der Waals surface area contributed by atoms with Crippen LogP contribution in [0.4, 0.5) is 5.69 Å². The molecule has 3 aromatic rings. The number of aliphatic hydroxyl groups excluding tert-OH is 1. The molecular formula is C19H16N4O3. The Kier molecular flexibility index (Phi) is 4.85. The number of anilines is 1. The smallest absolute Gasteiger partial charge is 0.340 e. The highest BCUT2D eigenvalue weighted by Gasteiger charge is 2.16. The van der Waals surface area contributed by atoms with Crippen molar-refractivity contribution in [3.63, 3.8) is 0 Å². The van der Waals surface area contributed by atoms with Crippen LogP contribution in [0.1, 0.15) is 16.2 Å². The van der Waals surface area contributed by atoms with Crippen LogP contribution in [0.15, 0.2) is 54.3 Å². The van der Waals surface area contributed by atoms with E-state index in [0.717, 1.165) is 5.52 Å². The molecule has 0 aliphatic heterocycles. The number of allylic oxidation sites excluding steroid dienone is 1. The molecule has 0 unspecified atom stereocenters. The topological polar surface area (TPSA) is 111 Å². The Morgan fingerprint density at radius 2 is 2.00 bits per heavy atom. The first-order chi connectivity index (χ1) is 12.6. The zero-order valence-electron chi connectivity index (χ0n) is 14.0. The van der Waals surface area contributed by atoms with E-state index in [1.165, 1.54) is 0 Å². The molecule has 3 N–H and O–H groups in total. The third-order valence-electron chi connectivity index (χ3n) is 3.78. The summed E-state index contributed by atoms with van der Waals surface area (Å²) in [6.45, 7) is -0.434. The molecule has 0 saturated heterocycles. The molecule has 0 saturated carbocycles. The number of hydrogen-bond acceptors (Lipinski definition) is 6.